The highest BCUT2D eigenvalue weighted by Gasteiger charge is 2.32. The van der Waals surface area contributed by atoms with Crippen molar-refractivity contribution in [1.29, 1.82) is 0 Å². The summed E-state index contributed by atoms with van der Waals surface area (Å²) in [5, 5.41) is 7.92. The largest absolute Gasteiger partial charge is 0.359 e. The van der Waals surface area contributed by atoms with Gasteiger partial charge >= 0.3 is 0 Å². The van der Waals surface area contributed by atoms with Gasteiger partial charge in [0.25, 0.3) is 0 Å². The van der Waals surface area contributed by atoms with Gasteiger partial charge in [0.1, 0.15) is 0 Å². The van der Waals surface area contributed by atoms with E-state index in [1.165, 1.54) is 0 Å². The van der Waals surface area contributed by atoms with E-state index in [0.717, 1.165) is 30.8 Å². The molecule has 3 heterocycles. The molecule has 24 heavy (non-hydrogen) atoms. The quantitative estimate of drug-likeness (QED) is 0.855. The molecule has 0 spiro atoms. The Kier molecular flexibility index (Phi) is 4.43. The lowest BCUT2D eigenvalue weighted by atomic mass is 9.96. The third-order valence-electron chi connectivity index (χ3n) is 4.24. The first-order valence-corrected chi connectivity index (χ1v) is 8.40. The Labute approximate surface area is 141 Å². The van der Waals surface area contributed by atoms with Gasteiger partial charge in [-0.25, -0.2) is 0 Å². The molecule has 0 N–H and O–H groups in total. The Bertz CT molecular complexity index is 713. The molecule has 1 fully saturated rings. The average molecular weight is 332 g/mol. The van der Waals surface area contributed by atoms with Crippen LogP contribution >= 0.6 is 0 Å². The van der Waals surface area contributed by atoms with Crippen LogP contribution < -0.4 is 0 Å². The topological polar surface area (TPSA) is 85.3 Å². The molecule has 0 bridgehead atoms. The van der Waals surface area contributed by atoms with Gasteiger partial charge in [0.05, 0.1) is 11.7 Å². The second-order valence-electron chi connectivity index (χ2n) is 7.38. The summed E-state index contributed by atoms with van der Waals surface area (Å²) in [5.74, 6) is 2.04. The summed E-state index contributed by atoms with van der Waals surface area (Å²) >= 11 is 0. The normalized spacial score (nSPS) is 18.3. The van der Waals surface area contributed by atoms with Crippen LogP contribution in [-0.2, 0) is 16.6 Å². The maximum Gasteiger partial charge on any atom is 0.227 e. The number of rotatable bonds is 4. The molecule has 0 saturated carbocycles. The summed E-state index contributed by atoms with van der Waals surface area (Å²) in [5.41, 5.74) is 0.681. The van der Waals surface area contributed by atoms with Crippen LogP contribution in [0.3, 0.4) is 0 Å². The number of carbonyl (C=O) groups excluding carboxylic acids is 1. The number of nitrogens with zero attached hydrogens (tertiary/aromatic N) is 4. The zero-order valence-corrected chi connectivity index (χ0v) is 14.7. The van der Waals surface area contributed by atoms with Gasteiger partial charge in [-0.1, -0.05) is 31.1 Å². The van der Waals surface area contributed by atoms with Crippen molar-refractivity contribution < 1.29 is 13.8 Å². The van der Waals surface area contributed by atoms with Crippen molar-refractivity contribution in [1.82, 2.24) is 20.2 Å². The van der Waals surface area contributed by atoms with Gasteiger partial charge in [-0.2, -0.15) is 4.98 Å². The number of carbonyl (C=O) groups is 1. The van der Waals surface area contributed by atoms with Crippen molar-refractivity contribution in [3.8, 4) is 0 Å². The van der Waals surface area contributed by atoms with Gasteiger partial charge in [0.2, 0.25) is 11.8 Å². The third-order valence-corrected chi connectivity index (χ3v) is 4.24. The molecule has 1 atom stereocenters. The lowest BCUT2D eigenvalue weighted by Gasteiger charge is -2.22. The van der Waals surface area contributed by atoms with Crippen molar-refractivity contribution in [2.45, 2.75) is 64.8 Å². The van der Waals surface area contributed by atoms with Crippen molar-refractivity contribution in [3.05, 3.63) is 29.2 Å². The van der Waals surface area contributed by atoms with E-state index in [0.29, 0.717) is 24.6 Å². The molecule has 0 radical (unpaired) electrons. The number of aryl methyl sites for hydroxylation is 2. The summed E-state index contributed by atoms with van der Waals surface area (Å²) in [7, 11) is 0. The first-order valence-electron chi connectivity index (χ1n) is 8.40. The Morgan fingerprint density at radius 1 is 1.33 bits per heavy atom. The van der Waals surface area contributed by atoms with E-state index in [2.05, 4.69) is 15.3 Å². The molecule has 0 aliphatic carbocycles. The van der Waals surface area contributed by atoms with Crippen LogP contribution in [0.1, 0.15) is 69.2 Å². The molecule has 1 saturated heterocycles. The zero-order valence-electron chi connectivity index (χ0n) is 14.7. The standard InChI is InChI=1S/C17H24N4O3/c1-11-10-13(23-19-11)12-6-5-9-21(12)15(22)8-7-14-18-16(20-24-14)17(2,3)4/h10,12H,5-9H2,1-4H3/t12-/m0/s1. The third kappa shape index (κ3) is 3.49. The molecule has 1 aliphatic heterocycles. The van der Waals surface area contributed by atoms with E-state index >= 15 is 0 Å². The fraction of sp³-hybridized carbons (Fsp3) is 0.647. The van der Waals surface area contributed by atoms with E-state index in [1.54, 1.807) is 0 Å². The lowest BCUT2D eigenvalue weighted by molar-refractivity contribution is -0.132. The van der Waals surface area contributed by atoms with E-state index in [-0.39, 0.29) is 17.4 Å². The first-order chi connectivity index (χ1) is 11.3. The Hall–Kier alpha value is -2.18. The summed E-state index contributed by atoms with van der Waals surface area (Å²) in [4.78, 5) is 18.8. The first kappa shape index (κ1) is 16.7. The molecule has 1 aliphatic rings. The van der Waals surface area contributed by atoms with Gasteiger partial charge in [-0.3, -0.25) is 4.79 Å². The maximum absolute atomic E-state index is 12.6. The van der Waals surface area contributed by atoms with Gasteiger partial charge in [-0.15, -0.1) is 0 Å². The van der Waals surface area contributed by atoms with Gasteiger partial charge in [0, 0.05) is 30.9 Å². The SMILES string of the molecule is Cc1cc([C@@H]2CCCN2C(=O)CCc2nc(C(C)(C)C)no2)on1. The van der Waals surface area contributed by atoms with Crippen LogP contribution in [0.25, 0.3) is 0 Å². The number of likely N-dealkylation sites (tertiary alicyclic amines) is 1. The minimum atomic E-state index is -0.157. The van der Waals surface area contributed by atoms with Crippen molar-refractivity contribution in [2.75, 3.05) is 6.54 Å². The Balaban J connectivity index is 1.61. The molecule has 7 heteroatoms. The predicted molar refractivity (Wildman–Crippen MR) is 86.2 cm³/mol. The average Bonchev–Trinajstić information content (AvgIpc) is 3.23. The molecule has 130 valence electrons. The van der Waals surface area contributed by atoms with Gasteiger partial charge in [-0.05, 0) is 19.8 Å². The summed E-state index contributed by atoms with van der Waals surface area (Å²) in [6, 6.07) is 1.90. The number of hydrogen-bond donors (Lipinski definition) is 0. The van der Waals surface area contributed by atoms with Gasteiger partial charge in [0.15, 0.2) is 11.6 Å². The summed E-state index contributed by atoms with van der Waals surface area (Å²) in [6.07, 6.45) is 2.70. The summed E-state index contributed by atoms with van der Waals surface area (Å²) < 4.78 is 10.6. The molecule has 7 nitrogen and oxygen atoms in total. The van der Waals surface area contributed by atoms with Crippen molar-refractivity contribution in [3.63, 3.8) is 0 Å². The van der Waals surface area contributed by atoms with Crippen LogP contribution in [0.15, 0.2) is 15.1 Å². The highest BCUT2D eigenvalue weighted by molar-refractivity contribution is 5.77. The van der Waals surface area contributed by atoms with Gasteiger partial charge < -0.3 is 13.9 Å². The fourth-order valence-electron chi connectivity index (χ4n) is 2.92. The van der Waals surface area contributed by atoms with E-state index in [4.69, 9.17) is 9.05 Å². The van der Waals surface area contributed by atoms with Crippen LogP contribution in [0.2, 0.25) is 0 Å². The molecule has 1 amide bonds. The predicted octanol–water partition coefficient (Wildman–Crippen LogP) is 2.96. The maximum atomic E-state index is 12.6. The van der Waals surface area contributed by atoms with Crippen LogP contribution in [0, 0.1) is 6.92 Å². The molecule has 2 aromatic heterocycles. The molecule has 3 rings (SSSR count). The minimum absolute atomic E-state index is 0.00785. The molecule has 0 unspecified atom stereocenters. The highest BCUT2D eigenvalue weighted by Crippen LogP contribution is 2.32. The molecule has 0 aromatic carbocycles. The lowest BCUT2D eigenvalue weighted by Crippen LogP contribution is -2.30. The van der Waals surface area contributed by atoms with Crippen LogP contribution in [0.5, 0.6) is 0 Å². The number of amides is 1. The van der Waals surface area contributed by atoms with E-state index in [1.807, 2.05) is 38.7 Å². The summed E-state index contributed by atoms with van der Waals surface area (Å²) in [6.45, 7) is 8.72. The number of hydrogen-bond acceptors (Lipinski definition) is 6. The fourth-order valence-corrected chi connectivity index (χ4v) is 2.92. The van der Waals surface area contributed by atoms with Crippen molar-refractivity contribution in [2.24, 2.45) is 0 Å². The second kappa shape index (κ2) is 6.37. The molecular formula is C17H24N4O3. The number of aromatic nitrogens is 3. The highest BCUT2D eigenvalue weighted by atomic mass is 16.5. The smallest absolute Gasteiger partial charge is 0.227 e. The van der Waals surface area contributed by atoms with Crippen LogP contribution in [-0.4, -0.2) is 32.6 Å². The minimum Gasteiger partial charge on any atom is -0.359 e. The van der Waals surface area contributed by atoms with E-state index < -0.39 is 0 Å². The van der Waals surface area contributed by atoms with E-state index in [9.17, 15) is 4.79 Å². The monoisotopic (exact) mass is 332 g/mol. The Morgan fingerprint density at radius 3 is 2.75 bits per heavy atom. The Morgan fingerprint density at radius 2 is 2.12 bits per heavy atom. The van der Waals surface area contributed by atoms with Crippen LogP contribution in [0.4, 0.5) is 0 Å². The molecular weight excluding hydrogens is 308 g/mol. The molecule has 2 aromatic rings. The second-order valence-corrected chi connectivity index (χ2v) is 7.38. The zero-order chi connectivity index (χ0) is 17.3. The van der Waals surface area contributed by atoms with Crippen molar-refractivity contribution >= 4 is 5.91 Å².